The Balaban J connectivity index is 1.77. The highest BCUT2D eigenvalue weighted by atomic mass is 16.5. The highest BCUT2D eigenvalue weighted by molar-refractivity contribution is 5.99. The van der Waals surface area contributed by atoms with Gasteiger partial charge in [-0.05, 0) is 56.9 Å². The highest BCUT2D eigenvalue weighted by Gasteiger charge is 2.30. The molecule has 0 amide bonds. The van der Waals surface area contributed by atoms with Crippen molar-refractivity contribution in [3.8, 4) is 17.1 Å². The van der Waals surface area contributed by atoms with Crippen molar-refractivity contribution in [3.05, 3.63) is 29.8 Å². The lowest BCUT2D eigenvalue weighted by Crippen LogP contribution is -2.36. The molecule has 0 radical (unpaired) electrons. The van der Waals surface area contributed by atoms with Crippen LogP contribution in [0, 0.1) is 5.92 Å². The molecule has 7 nitrogen and oxygen atoms in total. The van der Waals surface area contributed by atoms with Gasteiger partial charge in [-0.3, -0.25) is 0 Å². The van der Waals surface area contributed by atoms with E-state index < -0.39 is 5.97 Å². The van der Waals surface area contributed by atoms with Gasteiger partial charge in [0.05, 0.1) is 13.2 Å². The van der Waals surface area contributed by atoms with E-state index in [2.05, 4.69) is 5.16 Å². The number of nitrogens with zero attached hydrogens (tertiary/aromatic N) is 2. The molecule has 0 spiro atoms. The molecule has 0 aliphatic carbocycles. The molecule has 1 N–H and O–H groups in total. The Morgan fingerprint density at radius 1 is 1.30 bits per heavy atom. The predicted octanol–water partition coefficient (Wildman–Crippen LogP) is 3.69. The Bertz CT molecular complexity index is 761. The Labute approximate surface area is 158 Å². The number of carboxylic acids is 1. The second-order valence-electron chi connectivity index (χ2n) is 7.06. The standard InChI is InChI=1S/C20H26N2O5/c1-13(2)26-12-14-8-10-22(11-9-14)19-17(20(23)24)18(27-21-19)15-4-6-16(25-3)7-5-15/h4-7,13-14H,8-12H2,1-3H3,(H,23,24). The van der Waals surface area contributed by atoms with E-state index in [1.54, 1.807) is 31.4 Å². The van der Waals surface area contributed by atoms with Crippen LogP contribution in [0.2, 0.25) is 0 Å². The summed E-state index contributed by atoms with van der Waals surface area (Å²) in [7, 11) is 1.58. The fourth-order valence-electron chi connectivity index (χ4n) is 3.27. The Morgan fingerprint density at radius 2 is 1.96 bits per heavy atom. The second kappa shape index (κ2) is 8.43. The van der Waals surface area contributed by atoms with Gasteiger partial charge in [-0.25, -0.2) is 4.79 Å². The summed E-state index contributed by atoms with van der Waals surface area (Å²) in [4.78, 5) is 13.9. The number of aromatic carboxylic acids is 1. The molecule has 0 saturated carbocycles. The van der Waals surface area contributed by atoms with Gasteiger partial charge < -0.3 is 24.0 Å². The van der Waals surface area contributed by atoms with Crippen LogP contribution in [0.3, 0.4) is 0 Å². The number of carboxylic acid groups (broad SMARTS) is 1. The monoisotopic (exact) mass is 374 g/mol. The Hall–Kier alpha value is -2.54. The second-order valence-corrected chi connectivity index (χ2v) is 7.06. The van der Waals surface area contributed by atoms with Gasteiger partial charge in [0.15, 0.2) is 17.1 Å². The molecule has 2 aromatic rings. The van der Waals surface area contributed by atoms with Gasteiger partial charge in [0.1, 0.15) is 5.75 Å². The predicted molar refractivity (Wildman–Crippen MR) is 101 cm³/mol. The zero-order valence-corrected chi connectivity index (χ0v) is 16.0. The van der Waals surface area contributed by atoms with Crippen LogP contribution in [0.5, 0.6) is 5.75 Å². The molecular formula is C20H26N2O5. The molecule has 0 bridgehead atoms. The normalized spacial score (nSPS) is 15.3. The van der Waals surface area contributed by atoms with Crippen molar-refractivity contribution in [3.63, 3.8) is 0 Å². The molecule has 146 valence electrons. The first-order valence-electron chi connectivity index (χ1n) is 9.23. The van der Waals surface area contributed by atoms with Crippen molar-refractivity contribution >= 4 is 11.8 Å². The van der Waals surface area contributed by atoms with E-state index in [0.29, 0.717) is 23.0 Å². The molecule has 2 heterocycles. The number of hydrogen-bond acceptors (Lipinski definition) is 6. The number of aromatic nitrogens is 1. The van der Waals surface area contributed by atoms with Crippen LogP contribution < -0.4 is 9.64 Å². The first-order valence-corrected chi connectivity index (χ1v) is 9.23. The van der Waals surface area contributed by atoms with Gasteiger partial charge in [-0.15, -0.1) is 0 Å². The molecule has 7 heteroatoms. The molecule has 1 aliphatic heterocycles. The highest BCUT2D eigenvalue weighted by Crippen LogP contribution is 2.34. The number of ether oxygens (including phenoxy) is 2. The minimum absolute atomic E-state index is 0.108. The number of hydrogen-bond donors (Lipinski definition) is 1. The zero-order valence-electron chi connectivity index (χ0n) is 16.0. The molecule has 1 aromatic heterocycles. The van der Waals surface area contributed by atoms with Crippen LogP contribution in [0.1, 0.15) is 37.0 Å². The zero-order chi connectivity index (χ0) is 19.4. The Morgan fingerprint density at radius 3 is 2.52 bits per heavy atom. The van der Waals surface area contributed by atoms with Crippen LogP contribution in [0.4, 0.5) is 5.82 Å². The largest absolute Gasteiger partial charge is 0.497 e. The van der Waals surface area contributed by atoms with E-state index in [1.165, 1.54) is 0 Å². The van der Waals surface area contributed by atoms with Crippen molar-refractivity contribution in [1.82, 2.24) is 5.16 Å². The van der Waals surface area contributed by atoms with E-state index in [0.717, 1.165) is 32.5 Å². The molecule has 1 saturated heterocycles. The lowest BCUT2D eigenvalue weighted by Gasteiger charge is -2.32. The summed E-state index contributed by atoms with van der Waals surface area (Å²) < 4.78 is 16.3. The quantitative estimate of drug-likeness (QED) is 0.791. The SMILES string of the molecule is COc1ccc(-c2onc(N3CCC(COC(C)C)CC3)c2C(=O)O)cc1. The smallest absolute Gasteiger partial charge is 0.343 e. The number of anilines is 1. The lowest BCUT2D eigenvalue weighted by molar-refractivity contribution is 0.0448. The van der Waals surface area contributed by atoms with Gasteiger partial charge in [0, 0.05) is 25.3 Å². The summed E-state index contributed by atoms with van der Waals surface area (Å²) in [5.41, 5.74) is 0.768. The maximum atomic E-state index is 11.9. The topological polar surface area (TPSA) is 85.0 Å². The van der Waals surface area contributed by atoms with Crippen molar-refractivity contribution in [2.75, 3.05) is 31.7 Å². The molecule has 3 rings (SSSR count). The third-order valence-corrected chi connectivity index (χ3v) is 4.82. The minimum atomic E-state index is -1.04. The molecule has 27 heavy (non-hydrogen) atoms. The summed E-state index contributed by atoms with van der Waals surface area (Å²) in [5, 5.41) is 13.8. The summed E-state index contributed by atoms with van der Waals surface area (Å²) in [6.45, 7) is 6.28. The van der Waals surface area contributed by atoms with Crippen molar-refractivity contribution in [1.29, 1.82) is 0 Å². The number of piperidine rings is 1. The van der Waals surface area contributed by atoms with Crippen LogP contribution >= 0.6 is 0 Å². The third kappa shape index (κ3) is 4.42. The summed E-state index contributed by atoms with van der Waals surface area (Å²) >= 11 is 0. The average molecular weight is 374 g/mol. The van der Waals surface area contributed by atoms with Gasteiger partial charge in [-0.1, -0.05) is 5.16 Å². The summed E-state index contributed by atoms with van der Waals surface area (Å²) in [5.74, 6) is 0.815. The van der Waals surface area contributed by atoms with E-state index in [9.17, 15) is 9.90 Å². The van der Waals surface area contributed by atoms with Crippen molar-refractivity contribution in [2.45, 2.75) is 32.8 Å². The number of carbonyl (C=O) groups is 1. The molecular weight excluding hydrogens is 348 g/mol. The van der Waals surface area contributed by atoms with Gasteiger partial charge >= 0.3 is 5.97 Å². The summed E-state index contributed by atoms with van der Waals surface area (Å²) in [6, 6.07) is 7.07. The number of rotatable bonds is 7. The summed E-state index contributed by atoms with van der Waals surface area (Å²) in [6.07, 6.45) is 2.11. The van der Waals surface area contributed by atoms with Crippen molar-refractivity contribution in [2.24, 2.45) is 5.92 Å². The van der Waals surface area contributed by atoms with Crippen molar-refractivity contribution < 1.29 is 23.9 Å². The van der Waals surface area contributed by atoms with Crippen LogP contribution in [-0.4, -0.2) is 49.1 Å². The Kier molecular flexibility index (Phi) is 6.01. The van der Waals surface area contributed by atoms with Crippen LogP contribution in [-0.2, 0) is 4.74 Å². The fraction of sp³-hybridized carbons (Fsp3) is 0.500. The minimum Gasteiger partial charge on any atom is -0.497 e. The number of methoxy groups -OCH3 is 1. The van der Waals surface area contributed by atoms with Gasteiger partial charge in [-0.2, -0.15) is 0 Å². The van der Waals surface area contributed by atoms with E-state index in [4.69, 9.17) is 14.0 Å². The molecule has 0 unspecified atom stereocenters. The van der Waals surface area contributed by atoms with Gasteiger partial charge in [0.25, 0.3) is 0 Å². The maximum Gasteiger partial charge on any atom is 0.343 e. The molecule has 1 fully saturated rings. The first kappa shape index (κ1) is 19.2. The van der Waals surface area contributed by atoms with E-state index >= 15 is 0 Å². The van der Waals surface area contributed by atoms with Gasteiger partial charge in [0.2, 0.25) is 0 Å². The molecule has 1 aromatic carbocycles. The first-order chi connectivity index (χ1) is 13.0. The van der Waals surface area contributed by atoms with E-state index in [1.807, 2.05) is 18.7 Å². The maximum absolute atomic E-state index is 11.9. The van der Waals surface area contributed by atoms with E-state index in [-0.39, 0.29) is 17.4 Å². The van der Waals surface area contributed by atoms with Crippen LogP contribution in [0.15, 0.2) is 28.8 Å². The molecule has 1 aliphatic rings. The third-order valence-electron chi connectivity index (χ3n) is 4.82. The molecule has 0 atom stereocenters. The fourth-order valence-corrected chi connectivity index (χ4v) is 3.27. The van der Waals surface area contributed by atoms with Crippen LogP contribution in [0.25, 0.3) is 11.3 Å². The average Bonchev–Trinajstić information content (AvgIpc) is 3.12. The lowest BCUT2D eigenvalue weighted by atomic mass is 9.97. The number of benzene rings is 1.